The number of hydrogen-bond donors (Lipinski definition) is 1. The number of urea groups is 1. The molecule has 1 aliphatic rings. The van der Waals surface area contributed by atoms with Gasteiger partial charge in [-0.1, -0.05) is 42.5 Å². The molecule has 1 N–H and O–H groups in total. The molecule has 0 radical (unpaired) electrons. The number of nitrogens with one attached hydrogen (secondary N) is 1. The van der Waals surface area contributed by atoms with Crippen LogP contribution in [0.3, 0.4) is 0 Å². The molecular formula is C29H30N4O. The lowest BCUT2D eigenvalue weighted by molar-refractivity contribution is 0.194. The summed E-state index contributed by atoms with van der Waals surface area (Å²) in [5, 5.41) is 3.20. The lowest BCUT2D eigenvalue weighted by atomic mass is 10.0. The van der Waals surface area contributed by atoms with E-state index in [9.17, 15) is 4.79 Å². The van der Waals surface area contributed by atoms with Gasteiger partial charge in [-0.3, -0.25) is 0 Å². The number of nitrogens with zero attached hydrogens (tertiary/aromatic N) is 3. The number of hydrogen-bond acceptors (Lipinski definition) is 2. The second-order valence-corrected chi connectivity index (χ2v) is 9.13. The predicted octanol–water partition coefficient (Wildman–Crippen LogP) is 6.30. The molecule has 5 nitrogen and oxygen atoms in total. The zero-order valence-corrected chi connectivity index (χ0v) is 20.1. The number of aryl methyl sites for hydroxylation is 1. The Kier molecular flexibility index (Phi) is 5.62. The molecule has 4 aromatic rings. The number of anilines is 2. The van der Waals surface area contributed by atoms with Gasteiger partial charge >= 0.3 is 6.03 Å². The minimum Gasteiger partial charge on any atom is -0.378 e. The van der Waals surface area contributed by atoms with Crippen molar-refractivity contribution >= 4 is 17.4 Å². The van der Waals surface area contributed by atoms with Crippen molar-refractivity contribution < 1.29 is 4.79 Å². The van der Waals surface area contributed by atoms with Crippen molar-refractivity contribution in [3.8, 4) is 5.69 Å². The maximum Gasteiger partial charge on any atom is 0.322 e. The summed E-state index contributed by atoms with van der Waals surface area (Å²) in [4.78, 5) is 17.9. The number of amides is 2. The molecule has 2 heterocycles. The number of carbonyl (C=O) groups is 1. The number of fused-ring (bicyclic) bond motifs is 3. The van der Waals surface area contributed by atoms with Gasteiger partial charge in [0.2, 0.25) is 0 Å². The molecule has 3 aromatic carbocycles. The first kappa shape index (κ1) is 21.8. The topological polar surface area (TPSA) is 40.5 Å². The van der Waals surface area contributed by atoms with Crippen molar-refractivity contribution in [2.75, 3.05) is 24.3 Å². The Bertz CT molecular complexity index is 1340. The zero-order chi connectivity index (χ0) is 23.8. The van der Waals surface area contributed by atoms with Crippen molar-refractivity contribution in [1.82, 2.24) is 9.47 Å². The number of para-hydroxylation sites is 1. The molecule has 34 heavy (non-hydrogen) atoms. The van der Waals surface area contributed by atoms with E-state index in [1.165, 1.54) is 0 Å². The largest absolute Gasteiger partial charge is 0.378 e. The van der Waals surface area contributed by atoms with E-state index in [4.69, 9.17) is 0 Å². The van der Waals surface area contributed by atoms with E-state index >= 15 is 0 Å². The summed E-state index contributed by atoms with van der Waals surface area (Å²) in [6, 6.07) is 26.6. The average Bonchev–Trinajstić information content (AvgIpc) is 3.26. The highest BCUT2D eigenvalue weighted by molar-refractivity contribution is 5.91. The van der Waals surface area contributed by atoms with Gasteiger partial charge in [0.1, 0.15) is 0 Å². The van der Waals surface area contributed by atoms with Gasteiger partial charge in [0.05, 0.1) is 18.3 Å². The third-order valence-corrected chi connectivity index (χ3v) is 6.80. The molecule has 5 heteroatoms. The molecule has 0 spiro atoms. The van der Waals surface area contributed by atoms with E-state index in [2.05, 4.69) is 88.6 Å². The smallest absolute Gasteiger partial charge is 0.322 e. The molecule has 2 amide bonds. The Morgan fingerprint density at radius 3 is 2.44 bits per heavy atom. The number of carbonyl (C=O) groups excluding carboxylic acids is 1. The van der Waals surface area contributed by atoms with Crippen LogP contribution in [0.1, 0.15) is 34.0 Å². The molecule has 0 saturated heterocycles. The fourth-order valence-corrected chi connectivity index (χ4v) is 4.72. The van der Waals surface area contributed by atoms with Crippen LogP contribution < -0.4 is 10.2 Å². The summed E-state index contributed by atoms with van der Waals surface area (Å²) in [6.45, 7) is 4.62. The minimum absolute atomic E-state index is 0.111. The van der Waals surface area contributed by atoms with E-state index in [0.29, 0.717) is 6.54 Å². The zero-order valence-electron chi connectivity index (χ0n) is 20.1. The van der Waals surface area contributed by atoms with Gasteiger partial charge < -0.3 is 19.7 Å². The van der Waals surface area contributed by atoms with Crippen LogP contribution in [0.4, 0.5) is 16.2 Å². The molecule has 1 atom stereocenters. The van der Waals surface area contributed by atoms with Gasteiger partial charge in [-0.15, -0.1) is 0 Å². The molecule has 0 fully saturated rings. The first-order chi connectivity index (χ1) is 16.4. The maximum atomic E-state index is 13.9. The lowest BCUT2D eigenvalue weighted by Gasteiger charge is -2.31. The van der Waals surface area contributed by atoms with Gasteiger partial charge in [-0.2, -0.15) is 0 Å². The fourth-order valence-electron chi connectivity index (χ4n) is 4.72. The van der Waals surface area contributed by atoms with Crippen LogP contribution in [0.2, 0.25) is 0 Å². The van der Waals surface area contributed by atoms with Gasteiger partial charge in [0, 0.05) is 37.4 Å². The van der Waals surface area contributed by atoms with Crippen LogP contribution in [0.15, 0.2) is 85.1 Å². The number of benzene rings is 3. The van der Waals surface area contributed by atoms with Crippen LogP contribution in [0, 0.1) is 13.8 Å². The third-order valence-electron chi connectivity index (χ3n) is 6.80. The highest BCUT2D eigenvalue weighted by Gasteiger charge is 2.33. The monoisotopic (exact) mass is 450 g/mol. The van der Waals surface area contributed by atoms with Gasteiger partial charge in [0.15, 0.2) is 0 Å². The molecule has 1 aromatic heterocycles. The summed E-state index contributed by atoms with van der Waals surface area (Å²) in [5.74, 6) is 0. The molecule has 1 unspecified atom stereocenters. The number of aromatic nitrogens is 1. The summed E-state index contributed by atoms with van der Waals surface area (Å²) < 4.78 is 2.21. The Morgan fingerprint density at radius 2 is 1.68 bits per heavy atom. The highest BCUT2D eigenvalue weighted by Crippen LogP contribution is 2.37. The summed E-state index contributed by atoms with van der Waals surface area (Å²) in [7, 11) is 4.07. The Morgan fingerprint density at radius 1 is 0.912 bits per heavy atom. The second-order valence-electron chi connectivity index (χ2n) is 9.13. The van der Waals surface area contributed by atoms with Crippen molar-refractivity contribution in [2.45, 2.75) is 26.4 Å². The van der Waals surface area contributed by atoms with Gasteiger partial charge in [-0.25, -0.2) is 4.79 Å². The average molecular weight is 451 g/mol. The normalized spacial score (nSPS) is 14.7. The van der Waals surface area contributed by atoms with Crippen LogP contribution in [-0.4, -0.2) is 29.6 Å². The quantitative estimate of drug-likeness (QED) is 0.398. The molecule has 5 rings (SSSR count). The molecule has 172 valence electrons. The number of rotatable bonds is 3. The first-order valence-corrected chi connectivity index (χ1v) is 11.6. The van der Waals surface area contributed by atoms with E-state index in [-0.39, 0.29) is 12.1 Å². The van der Waals surface area contributed by atoms with Crippen molar-refractivity contribution in [1.29, 1.82) is 0 Å². The van der Waals surface area contributed by atoms with E-state index in [1.54, 1.807) is 0 Å². The minimum atomic E-state index is -0.233. The van der Waals surface area contributed by atoms with Gasteiger partial charge in [0.25, 0.3) is 0 Å². The van der Waals surface area contributed by atoms with Crippen LogP contribution in [-0.2, 0) is 6.54 Å². The Balaban J connectivity index is 1.62. The summed E-state index contributed by atoms with van der Waals surface area (Å²) in [6.07, 6.45) is 2.08. The van der Waals surface area contributed by atoms with E-state index < -0.39 is 0 Å². The van der Waals surface area contributed by atoms with Crippen LogP contribution in [0.5, 0.6) is 0 Å². The highest BCUT2D eigenvalue weighted by atomic mass is 16.2. The Hall–Kier alpha value is -3.99. The fraction of sp³-hybridized carbons (Fsp3) is 0.207. The molecular weight excluding hydrogens is 420 g/mol. The van der Waals surface area contributed by atoms with E-state index in [1.807, 2.05) is 44.1 Å². The van der Waals surface area contributed by atoms with Crippen LogP contribution in [0.25, 0.3) is 5.69 Å². The molecule has 0 aliphatic carbocycles. The summed E-state index contributed by atoms with van der Waals surface area (Å²) in [5.41, 5.74) is 8.59. The molecule has 0 saturated carbocycles. The second kappa shape index (κ2) is 8.75. The Labute approximate surface area is 201 Å². The van der Waals surface area contributed by atoms with Crippen molar-refractivity contribution in [3.63, 3.8) is 0 Å². The standard InChI is InChI=1S/C29H30N4O/c1-20-9-7-11-25(21(20)2)30-29(34)33-19-23-10-5-6-12-26(23)32-18-8-13-27(32)28(33)22-14-16-24(17-15-22)31(3)4/h5-18,28H,19H2,1-4H3,(H,30,34). The molecule has 1 aliphatic heterocycles. The van der Waals surface area contributed by atoms with Crippen molar-refractivity contribution in [3.05, 3.63) is 113 Å². The van der Waals surface area contributed by atoms with Gasteiger partial charge in [-0.05, 0) is 72.5 Å². The van der Waals surface area contributed by atoms with E-state index in [0.717, 1.165) is 45.0 Å². The SMILES string of the molecule is Cc1cccc(NC(=O)N2Cc3ccccc3-n3cccc3C2c2ccc(N(C)C)cc2)c1C. The van der Waals surface area contributed by atoms with Crippen LogP contribution >= 0.6 is 0 Å². The molecule has 0 bridgehead atoms. The third kappa shape index (κ3) is 3.83. The predicted molar refractivity (Wildman–Crippen MR) is 139 cm³/mol. The van der Waals surface area contributed by atoms with Crippen molar-refractivity contribution in [2.24, 2.45) is 0 Å². The maximum absolute atomic E-state index is 13.9. The summed E-state index contributed by atoms with van der Waals surface area (Å²) >= 11 is 0. The first-order valence-electron chi connectivity index (χ1n) is 11.6. The lowest BCUT2D eigenvalue weighted by Crippen LogP contribution is -2.38.